The minimum Gasteiger partial charge on any atom is -0.450 e. The first-order valence-electron chi connectivity index (χ1n) is 6.29. The Balaban J connectivity index is 2.41. The Labute approximate surface area is 117 Å². The molecule has 0 N–H and O–H groups in total. The smallest absolute Gasteiger partial charge is 0.449 e. The van der Waals surface area contributed by atoms with Crippen LogP contribution < -0.4 is 0 Å². The molecule has 1 atom stereocenters. The van der Waals surface area contributed by atoms with Crippen LogP contribution in [0, 0.1) is 0 Å². The standard InChI is InChI=1S/C13H16F3NO2S/c1-12(2,3)20(18)17-9-6-4-5-8-7-10(13(14,15)16)19-11(8)9/h7H,4-6H2,1-3H3/b17-9-/t20-/m1/s1. The van der Waals surface area contributed by atoms with Gasteiger partial charge in [0.15, 0.2) is 5.76 Å². The van der Waals surface area contributed by atoms with Crippen LogP contribution >= 0.6 is 0 Å². The van der Waals surface area contributed by atoms with Crippen LogP contribution in [0.3, 0.4) is 0 Å². The lowest BCUT2D eigenvalue weighted by atomic mass is 9.97. The summed E-state index contributed by atoms with van der Waals surface area (Å²) in [4.78, 5) is 0. The SMILES string of the molecule is CC(C)(C)[S@@](=O)/N=C1/CCCc2cc(C(F)(F)F)oc21. The highest BCUT2D eigenvalue weighted by atomic mass is 32.2. The fourth-order valence-electron chi connectivity index (χ4n) is 1.88. The molecule has 7 heteroatoms. The quantitative estimate of drug-likeness (QED) is 0.790. The van der Waals surface area contributed by atoms with Crippen molar-refractivity contribution in [3.05, 3.63) is 23.2 Å². The van der Waals surface area contributed by atoms with Crippen molar-refractivity contribution >= 4 is 16.7 Å². The van der Waals surface area contributed by atoms with Gasteiger partial charge in [-0.2, -0.15) is 17.6 Å². The Morgan fingerprint density at radius 3 is 2.45 bits per heavy atom. The van der Waals surface area contributed by atoms with Gasteiger partial charge in [0.2, 0.25) is 5.76 Å². The molecule has 1 aromatic rings. The zero-order valence-electron chi connectivity index (χ0n) is 11.5. The maximum atomic E-state index is 12.7. The molecule has 1 aliphatic rings. The van der Waals surface area contributed by atoms with Gasteiger partial charge in [-0.3, -0.25) is 0 Å². The summed E-state index contributed by atoms with van der Waals surface area (Å²) < 4.78 is 58.4. The van der Waals surface area contributed by atoms with Gasteiger partial charge in [0.05, 0.1) is 10.5 Å². The van der Waals surface area contributed by atoms with E-state index in [-0.39, 0.29) is 5.76 Å². The first-order valence-corrected chi connectivity index (χ1v) is 7.39. The number of halogens is 3. The lowest BCUT2D eigenvalue weighted by molar-refractivity contribution is -0.153. The van der Waals surface area contributed by atoms with E-state index in [4.69, 9.17) is 4.42 Å². The number of alkyl halides is 3. The van der Waals surface area contributed by atoms with Crippen molar-refractivity contribution in [2.45, 2.75) is 51.0 Å². The lowest BCUT2D eigenvalue weighted by Gasteiger charge is -2.16. The molecular weight excluding hydrogens is 291 g/mol. The normalized spacial score (nSPS) is 20.0. The number of nitrogens with zero attached hydrogens (tertiary/aromatic N) is 1. The topological polar surface area (TPSA) is 42.6 Å². The number of aryl methyl sites for hydroxylation is 1. The van der Waals surface area contributed by atoms with Crippen LogP contribution in [0.4, 0.5) is 13.2 Å². The molecular formula is C13H16F3NO2S. The number of furan rings is 1. The van der Waals surface area contributed by atoms with E-state index in [1.54, 1.807) is 20.8 Å². The van der Waals surface area contributed by atoms with Gasteiger partial charge < -0.3 is 4.42 Å². The van der Waals surface area contributed by atoms with Crippen molar-refractivity contribution in [1.82, 2.24) is 0 Å². The molecule has 2 rings (SSSR count). The van der Waals surface area contributed by atoms with Crippen LogP contribution in [0.5, 0.6) is 0 Å². The maximum absolute atomic E-state index is 12.7. The van der Waals surface area contributed by atoms with Gasteiger partial charge in [0.1, 0.15) is 11.0 Å². The van der Waals surface area contributed by atoms with E-state index in [0.717, 1.165) is 6.07 Å². The largest absolute Gasteiger partial charge is 0.450 e. The van der Waals surface area contributed by atoms with Crippen LogP contribution in [0.15, 0.2) is 14.9 Å². The highest BCUT2D eigenvalue weighted by molar-refractivity contribution is 7.85. The van der Waals surface area contributed by atoms with Gasteiger partial charge in [-0.15, -0.1) is 0 Å². The van der Waals surface area contributed by atoms with Crippen molar-refractivity contribution in [1.29, 1.82) is 0 Å². The van der Waals surface area contributed by atoms with Gasteiger partial charge in [-0.05, 0) is 46.1 Å². The molecule has 0 unspecified atom stereocenters. The number of fused-ring (bicyclic) bond motifs is 1. The summed E-state index contributed by atoms with van der Waals surface area (Å²) in [6, 6.07) is 1.02. The Morgan fingerprint density at radius 1 is 1.25 bits per heavy atom. The second-order valence-corrected chi connectivity index (χ2v) is 7.62. The van der Waals surface area contributed by atoms with Crippen LogP contribution in [0.25, 0.3) is 0 Å². The van der Waals surface area contributed by atoms with Gasteiger partial charge in [0.25, 0.3) is 0 Å². The van der Waals surface area contributed by atoms with E-state index in [0.29, 0.717) is 30.5 Å². The fourth-order valence-corrected chi connectivity index (χ4v) is 2.53. The molecule has 1 aliphatic carbocycles. The van der Waals surface area contributed by atoms with E-state index in [1.165, 1.54) is 0 Å². The van der Waals surface area contributed by atoms with Crippen molar-refractivity contribution in [2.75, 3.05) is 0 Å². The summed E-state index contributed by atoms with van der Waals surface area (Å²) in [5.74, 6) is -0.875. The van der Waals surface area contributed by atoms with Crippen LogP contribution in [-0.4, -0.2) is 14.7 Å². The van der Waals surface area contributed by atoms with E-state index in [1.807, 2.05) is 0 Å². The summed E-state index contributed by atoms with van der Waals surface area (Å²) >= 11 is 0. The summed E-state index contributed by atoms with van der Waals surface area (Å²) in [6.45, 7) is 5.29. The van der Waals surface area contributed by atoms with Crippen molar-refractivity contribution < 1.29 is 21.8 Å². The predicted octanol–water partition coefficient (Wildman–Crippen LogP) is 3.89. The third kappa shape index (κ3) is 3.13. The Morgan fingerprint density at radius 2 is 1.90 bits per heavy atom. The average molecular weight is 307 g/mol. The van der Waals surface area contributed by atoms with Gasteiger partial charge in [0, 0.05) is 5.56 Å². The van der Waals surface area contributed by atoms with Crippen LogP contribution in [-0.2, 0) is 23.6 Å². The van der Waals surface area contributed by atoms with Gasteiger partial charge >= 0.3 is 6.18 Å². The molecule has 1 heterocycles. The van der Waals surface area contributed by atoms with Crippen LogP contribution in [0.2, 0.25) is 0 Å². The third-order valence-corrected chi connectivity index (χ3v) is 4.36. The molecule has 0 fully saturated rings. The minimum atomic E-state index is -4.51. The lowest BCUT2D eigenvalue weighted by Crippen LogP contribution is -2.22. The number of hydrogen-bond donors (Lipinski definition) is 0. The van der Waals surface area contributed by atoms with Gasteiger partial charge in [-0.1, -0.05) is 0 Å². The van der Waals surface area contributed by atoms with E-state index in [9.17, 15) is 17.4 Å². The second-order valence-electron chi connectivity index (χ2n) is 5.72. The molecule has 20 heavy (non-hydrogen) atoms. The first-order chi connectivity index (χ1) is 9.09. The fraction of sp³-hybridized carbons (Fsp3) is 0.615. The van der Waals surface area contributed by atoms with Gasteiger partial charge in [-0.25, -0.2) is 4.21 Å². The third-order valence-electron chi connectivity index (χ3n) is 2.93. The molecule has 0 radical (unpaired) electrons. The molecule has 0 aliphatic heterocycles. The average Bonchev–Trinajstić information content (AvgIpc) is 2.72. The van der Waals surface area contributed by atoms with E-state index >= 15 is 0 Å². The highest BCUT2D eigenvalue weighted by Crippen LogP contribution is 2.35. The molecule has 0 bridgehead atoms. The molecule has 0 amide bonds. The van der Waals surface area contributed by atoms with Crippen molar-refractivity contribution in [3.63, 3.8) is 0 Å². The zero-order chi connectivity index (χ0) is 15.1. The Hall–Kier alpha value is -1.11. The molecule has 0 spiro atoms. The molecule has 1 aromatic heterocycles. The second kappa shape index (κ2) is 5.02. The summed E-state index contributed by atoms with van der Waals surface area (Å²) in [5.41, 5.74) is 0.864. The summed E-state index contributed by atoms with van der Waals surface area (Å²) in [7, 11) is -1.51. The van der Waals surface area contributed by atoms with Crippen LogP contribution in [0.1, 0.15) is 50.7 Å². The van der Waals surface area contributed by atoms with E-state index in [2.05, 4.69) is 4.40 Å². The summed E-state index contributed by atoms with van der Waals surface area (Å²) in [5, 5.41) is 0. The maximum Gasteiger partial charge on any atom is 0.449 e. The van der Waals surface area contributed by atoms with Crippen molar-refractivity contribution in [2.24, 2.45) is 4.40 Å². The van der Waals surface area contributed by atoms with Crippen molar-refractivity contribution in [3.8, 4) is 0 Å². The monoisotopic (exact) mass is 307 g/mol. The number of hydrogen-bond acceptors (Lipinski definition) is 2. The van der Waals surface area contributed by atoms with E-state index < -0.39 is 27.7 Å². The highest BCUT2D eigenvalue weighted by Gasteiger charge is 2.37. The number of rotatable bonds is 1. The minimum absolute atomic E-state index is 0.140. The Kier molecular flexibility index (Phi) is 3.83. The predicted molar refractivity (Wildman–Crippen MR) is 71.1 cm³/mol. The zero-order valence-corrected chi connectivity index (χ0v) is 12.3. The molecule has 3 nitrogen and oxygen atoms in total. The molecule has 0 saturated carbocycles. The first kappa shape index (κ1) is 15.3. The summed E-state index contributed by atoms with van der Waals surface area (Å²) in [6.07, 6.45) is -2.81. The molecule has 0 saturated heterocycles. The molecule has 112 valence electrons. The molecule has 0 aromatic carbocycles. The Bertz CT molecular complexity index is 567.